The molecule has 1 rings (SSSR count). The van der Waals surface area contributed by atoms with Crippen molar-refractivity contribution < 1.29 is 0 Å². The fourth-order valence-corrected chi connectivity index (χ4v) is 1.91. The molecule has 1 atom stereocenters. The third kappa shape index (κ3) is 3.96. The van der Waals surface area contributed by atoms with E-state index in [1.165, 1.54) is 24.2 Å². The van der Waals surface area contributed by atoms with Gasteiger partial charge in [-0.15, -0.1) is 0 Å². The maximum absolute atomic E-state index is 5.59. The lowest BCUT2D eigenvalue weighted by atomic mass is 10.0. The molecule has 3 nitrogen and oxygen atoms in total. The van der Waals surface area contributed by atoms with Gasteiger partial charge < -0.3 is 11.1 Å². The summed E-state index contributed by atoms with van der Waals surface area (Å²) in [6, 6.07) is 0.475. The zero-order chi connectivity index (χ0) is 10.6. The molecule has 1 unspecified atom stereocenters. The van der Waals surface area contributed by atoms with Crippen LogP contribution in [0.25, 0.3) is 0 Å². The molecule has 14 heavy (non-hydrogen) atoms. The van der Waals surface area contributed by atoms with Gasteiger partial charge in [0.1, 0.15) is 5.00 Å². The highest BCUT2D eigenvalue weighted by molar-refractivity contribution is 7.19. The Morgan fingerprint density at radius 1 is 1.43 bits per heavy atom. The van der Waals surface area contributed by atoms with Crippen molar-refractivity contribution in [3.63, 3.8) is 0 Å². The van der Waals surface area contributed by atoms with Gasteiger partial charge in [-0.25, -0.2) is 4.98 Å². The summed E-state index contributed by atoms with van der Waals surface area (Å²) < 4.78 is 0. The molecular weight excluding hydrogens is 194 g/mol. The molecule has 0 amide bonds. The Balaban J connectivity index is 2.30. The lowest BCUT2D eigenvalue weighted by Crippen LogP contribution is -2.15. The molecule has 0 radical (unpaired) electrons. The largest absolute Gasteiger partial charge is 0.389 e. The second-order valence-corrected chi connectivity index (χ2v) is 5.15. The van der Waals surface area contributed by atoms with Gasteiger partial charge in [-0.05, 0) is 25.7 Å². The minimum atomic E-state index is 0.475. The molecule has 0 spiro atoms. The number of hydrogen-bond acceptors (Lipinski definition) is 4. The molecule has 1 heterocycles. The molecule has 0 bridgehead atoms. The fourth-order valence-electron chi connectivity index (χ4n) is 1.22. The number of nitrogens with zero attached hydrogens (tertiary/aromatic N) is 1. The monoisotopic (exact) mass is 213 g/mol. The van der Waals surface area contributed by atoms with Crippen LogP contribution >= 0.6 is 11.3 Å². The van der Waals surface area contributed by atoms with Crippen molar-refractivity contribution in [1.29, 1.82) is 0 Å². The smallest absolute Gasteiger partial charge is 0.184 e. The molecule has 0 saturated carbocycles. The molecular formula is C10H19N3S. The average molecular weight is 213 g/mol. The SMILES string of the molecule is CC(C)CCC(C)Nc1ncc(N)s1. The molecule has 0 saturated heterocycles. The van der Waals surface area contributed by atoms with E-state index < -0.39 is 0 Å². The van der Waals surface area contributed by atoms with Crippen molar-refractivity contribution in [2.75, 3.05) is 11.1 Å². The number of rotatable bonds is 5. The van der Waals surface area contributed by atoms with Crippen LogP contribution in [0.3, 0.4) is 0 Å². The lowest BCUT2D eigenvalue weighted by Gasteiger charge is -2.13. The number of thiazole rings is 1. The van der Waals surface area contributed by atoms with Crippen LogP contribution in [0.5, 0.6) is 0 Å². The average Bonchev–Trinajstić information content (AvgIpc) is 2.48. The molecule has 1 aromatic heterocycles. The van der Waals surface area contributed by atoms with Gasteiger partial charge in [0.15, 0.2) is 5.13 Å². The summed E-state index contributed by atoms with van der Waals surface area (Å²) in [4.78, 5) is 4.17. The molecule has 4 heteroatoms. The maximum Gasteiger partial charge on any atom is 0.184 e. The summed E-state index contributed by atoms with van der Waals surface area (Å²) in [5.41, 5.74) is 5.59. The van der Waals surface area contributed by atoms with Crippen molar-refractivity contribution in [2.45, 2.75) is 39.7 Å². The third-order valence-electron chi connectivity index (χ3n) is 2.07. The van der Waals surface area contributed by atoms with Gasteiger partial charge in [-0.2, -0.15) is 0 Å². The van der Waals surface area contributed by atoms with Crippen LogP contribution in [0, 0.1) is 5.92 Å². The first-order chi connectivity index (χ1) is 6.58. The van der Waals surface area contributed by atoms with Crippen LogP contribution in [0.2, 0.25) is 0 Å². The van der Waals surface area contributed by atoms with Gasteiger partial charge >= 0.3 is 0 Å². The molecule has 0 aliphatic heterocycles. The zero-order valence-electron chi connectivity index (χ0n) is 9.08. The minimum absolute atomic E-state index is 0.475. The van der Waals surface area contributed by atoms with Gasteiger partial charge in [0.05, 0.1) is 6.20 Å². The third-order valence-corrected chi connectivity index (χ3v) is 2.83. The highest BCUT2D eigenvalue weighted by atomic mass is 32.1. The minimum Gasteiger partial charge on any atom is -0.389 e. The van der Waals surface area contributed by atoms with Crippen molar-refractivity contribution in [3.8, 4) is 0 Å². The van der Waals surface area contributed by atoms with Crippen molar-refractivity contribution in [1.82, 2.24) is 4.98 Å². The first-order valence-electron chi connectivity index (χ1n) is 5.05. The summed E-state index contributed by atoms with van der Waals surface area (Å²) in [5, 5.41) is 5.04. The Kier molecular flexibility index (Phi) is 4.20. The zero-order valence-corrected chi connectivity index (χ0v) is 9.90. The molecule has 1 aromatic rings. The van der Waals surface area contributed by atoms with E-state index in [4.69, 9.17) is 5.73 Å². The molecule has 0 aromatic carbocycles. The predicted molar refractivity (Wildman–Crippen MR) is 63.7 cm³/mol. The predicted octanol–water partition coefficient (Wildman–Crippen LogP) is 2.96. The number of hydrogen-bond donors (Lipinski definition) is 2. The molecule has 0 aliphatic carbocycles. The Morgan fingerprint density at radius 3 is 2.64 bits per heavy atom. The second kappa shape index (κ2) is 5.20. The Hall–Kier alpha value is -0.770. The maximum atomic E-state index is 5.59. The number of nitrogens with two attached hydrogens (primary N) is 1. The fraction of sp³-hybridized carbons (Fsp3) is 0.700. The standard InChI is InChI=1S/C10H19N3S/c1-7(2)4-5-8(3)13-10-12-6-9(11)14-10/h6-8H,4-5,11H2,1-3H3,(H,12,13). The van der Waals surface area contributed by atoms with Gasteiger partial charge in [0.2, 0.25) is 0 Å². The summed E-state index contributed by atoms with van der Waals surface area (Å²) in [6.07, 6.45) is 4.12. The first kappa shape index (κ1) is 11.3. The van der Waals surface area contributed by atoms with Crippen LogP contribution < -0.4 is 11.1 Å². The van der Waals surface area contributed by atoms with Crippen LogP contribution in [-0.2, 0) is 0 Å². The van der Waals surface area contributed by atoms with E-state index in [-0.39, 0.29) is 0 Å². The Bertz CT molecular complexity index is 270. The van der Waals surface area contributed by atoms with E-state index in [1.807, 2.05) is 0 Å². The Morgan fingerprint density at radius 2 is 2.14 bits per heavy atom. The Labute approximate surface area is 89.7 Å². The number of aromatic nitrogens is 1. The van der Waals surface area contributed by atoms with E-state index in [2.05, 4.69) is 31.1 Å². The second-order valence-electron chi connectivity index (χ2n) is 4.08. The van der Waals surface area contributed by atoms with Crippen molar-refractivity contribution in [2.24, 2.45) is 5.92 Å². The molecule has 80 valence electrons. The van der Waals surface area contributed by atoms with Gasteiger partial charge in [-0.1, -0.05) is 25.2 Å². The lowest BCUT2D eigenvalue weighted by molar-refractivity contribution is 0.527. The van der Waals surface area contributed by atoms with Crippen LogP contribution in [0.15, 0.2) is 6.20 Å². The van der Waals surface area contributed by atoms with Gasteiger partial charge in [0.25, 0.3) is 0 Å². The summed E-state index contributed by atoms with van der Waals surface area (Å²) in [6.45, 7) is 6.67. The molecule has 0 aliphatic rings. The van der Waals surface area contributed by atoms with Crippen molar-refractivity contribution in [3.05, 3.63) is 6.20 Å². The quantitative estimate of drug-likeness (QED) is 0.790. The van der Waals surface area contributed by atoms with E-state index in [1.54, 1.807) is 6.20 Å². The van der Waals surface area contributed by atoms with E-state index >= 15 is 0 Å². The van der Waals surface area contributed by atoms with Crippen molar-refractivity contribution >= 4 is 21.5 Å². The van der Waals surface area contributed by atoms with E-state index in [0.29, 0.717) is 6.04 Å². The highest BCUT2D eigenvalue weighted by Gasteiger charge is 2.05. The number of nitrogens with one attached hydrogen (secondary N) is 1. The van der Waals surface area contributed by atoms with Crippen LogP contribution in [0.4, 0.5) is 10.1 Å². The number of anilines is 2. The molecule has 3 N–H and O–H groups in total. The van der Waals surface area contributed by atoms with Crippen LogP contribution in [0.1, 0.15) is 33.6 Å². The summed E-state index contributed by atoms with van der Waals surface area (Å²) >= 11 is 1.51. The topological polar surface area (TPSA) is 50.9 Å². The summed E-state index contributed by atoms with van der Waals surface area (Å²) in [7, 11) is 0. The van der Waals surface area contributed by atoms with E-state index in [9.17, 15) is 0 Å². The number of nitrogen functional groups attached to an aromatic ring is 1. The van der Waals surface area contributed by atoms with Crippen LogP contribution in [-0.4, -0.2) is 11.0 Å². The highest BCUT2D eigenvalue weighted by Crippen LogP contribution is 2.21. The van der Waals surface area contributed by atoms with Gasteiger partial charge in [-0.3, -0.25) is 0 Å². The van der Waals surface area contributed by atoms with E-state index in [0.717, 1.165) is 16.1 Å². The summed E-state index contributed by atoms with van der Waals surface area (Å²) in [5.74, 6) is 0.764. The molecule has 0 fully saturated rings. The van der Waals surface area contributed by atoms with Gasteiger partial charge in [0, 0.05) is 6.04 Å². The normalized spacial score (nSPS) is 13.1. The first-order valence-corrected chi connectivity index (χ1v) is 5.87.